The van der Waals surface area contributed by atoms with Crippen molar-refractivity contribution in [2.24, 2.45) is 5.41 Å². The van der Waals surface area contributed by atoms with Gasteiger partial charge in [-0.1, -0.05) is 32.9 Å². The van der Waals surface area contributed by atoms with E-state index in [1.54, 1.807) is 12.3 Å². The lowest BCUT2D eigenvalue weighted by Crippen LogP contribution is -2.17. The number of hydrogen-bond donors (Lipinski definition) is 1. The van der Waals surface area contributed by atoms with Crippen LogP contribution >= 0.6 is 0 Å². The first-order chi connectivity index (χ1) is 8.45. The minimum atomic E-state index is -0.350. The molecule has 1 aromatic carbocycles. The number of ether oxygens (including phenoxy) is 1. The van der Waals surface area contributed by atoms with Crippen LogP contribution in [0.25, 0.3) is 0 Å². The van der Waals surface area contributed by atoms with Crippen molar-refractivity contribution in [2.45, 2.75) is 27.7 Å². The lowest BCUT2D eigenvalue weighted by molar-refractivity contribution is -0.121. The maximum Gasteiger partial charge on any atom is 0.162 e. The van der Waals surface area contributed by atoms with Gasteiger partial charge in [-0.05, 0) is 25.1 Å². The fourth-order valence-corrected chi connectivity index (χ4v) is 1.32. The quantitative estimate of drug-likeness (QED) is 0.807. The van der Waals surface area contributed by atoms with Gasteiger partial charge in [0.2, 0.25) is 0 Å². The molecule has 3 nitrogen and oxygen atoms in total. The van der Waals surface area contributed by atoms with Crippen molar-refractivity contribution in [3.05, 3.63) is 36.5 Å². The standard InChI is InChI=1S/C15H21NO2/c1-5-18-13-9-7-6-8-12(13)16-11-10-14(17)15(2,3)4/h6-11,16H,5H2,1-4H3/b11-10+. The highest BCUT2D eigenvalue weighted by Gasteiger charge is 2.17. The fraction of sp³-hybridized carbons (Fsp3) is 0.400. The van der Waals surface area contributed by atoms with E-state index in [0.717, 1.165) is 11.4 Å². The molecule has 0 saturated carbocycles. The molecule has 0 saturated heterocycles. The van der Waals surface area contributed by atoms with Gasteiger partial charge in [0.05, 0.1) is 12.3 Å². The van der Waals surface area contributed by atoms with Crippen LogP contribution in [0.15, 0.2) is 36.5 Å². The zero-order chi connectivity index (χ0) is 13.6. The summed E-state index contributed by atoms with van der Waals surface area (Å²) in [6.07, 6.45) is 3.22. The molecule has 0 aliphatic heterocycles. The molecule has 18 heavy (non-hydrogen) atoms. The average molecular weight is 247 g/mol. The number of hydrogen-bond acceptors (Lipinski definition) is 3. The number of para-hydroxylation sites is 2. The van der Waals surface area contributed by atoms with E-state index in [9.17, 15) is 4.79 Å². The summed E-state index contributed by atoms with van der Waals surface area (Å²) in [5.74, 6) is 0.872. The number of rotatable bonds is 5. The summed E-state index contributed by atoms with van der Waals surface area (Å²) in [4.78, 5) is 11.7. The van der Waals surface area contributed by atoms with Crippen LogP contribution in [0.2, 0.25) is 0 Å². The molecule has 0 aliphatic rings. The molecule has 1 N–H and O–H groups in total. The molecule has 0 radical (unpaired) electrons. The van der Waals surface area contributed by atoms with E-state index in [2.05, 4.69) is 5.32 Å². The second-order valence-electron chi connectivity index (χ2n) is 5.02. The summed E-state index contributed by atoms with van der Waals surface area (Å²) in [5.41, 5.74) is 0.509. The number of nitrogens with one attached hydrogen (secondary N) is 1. The molecule has 1 aromatic rings. The number of carbonyl (C=O) groups excluding carboxylic acids is 1. The van der Waals surface area contributed by atoms with Gasteiger partial charge < -0.3 is 10.1 Å². The largest absolute Gasteiger partial charge is 0.492 e. The van der Waals surface area contributed by atoms with Gasteiger partial charge in [-0.3, -0.25) is 4.79 Å². The molecular formula is C15H21NO2. The van der Waals surface area contributed by atoms with Crippen molar-refractivity contribution in [3.63, 3.8) is 0 Å². The molecule has 0 spiro atoms. The Labute approximate surface area is 109 Å². The second kappa shape index (κ2) is 6.24. The molecular weight excluding hydrogens is 226 g/mol. The van der Waals surface area contributed by atoms with E-state index in [1.807, 2.05) is 52.0 Å². The van der Waals surface area contributed by atoms with Gasteiger partial charge in [0.15, 0.2) is 5.78 Å². The smallest absolute Gasteiger partial charge is 0.162 e. The highest BCUT2D eigenvalue weighted by molar-refractivity contribution is 5.94. The molecule has 0 amide bonds. The second-order valence-corrected chi connectivity index (χ2v) is 5.02. The normalized spacial score (nSPS) is 11.6. The van der Waals surface area contributed by atoms with Gasteiger partial charge in [-0.25, -0.2) is 0 Å². The minimum absolute atomic E-state index is 0.0869. The van der Waals surface area contributed by atoms with Gasteiger partial charge in [0, 0.05) is 11.6 Å². The Morgan fingerprint density at radius 1 is 1.33 bits per heavy atom. The number of carbonyl (C=O) groups is 1. The zero-order valence-electron chi connectivity index (χ0n) is 11.5. The molecule has 0 fully saturated rings. The Balaban J connectivity index is 2.69. The molecule has 1 rings (SSSR count). The van der Waals surface area contributed by atoms with E-state index in [1.165, 1.54) is 0 Å². The molecule has 0 aliphatic carbocycles. The minimum Gasteiger partial charge on any atom is -0.492 e. The Hall–Kier alpha value is -1.77. The van der Waals surface area contributed by atoms with E-state index in [4.69, 9.17) is 4.74 Å². The van der Waals surface area contributed by atoms with Crippen molar-refractivity contribution in [2.75, 3.05) is 11.9 Å². The van der Waals surface area contributed by atoms with Crippen LogP contribution in [-0.2, 0) is 4.79 Å². The lowest BCUT2D eigenvalue weighted by Gasteiger charge is -2.13. The molecule has 98 valence electrons. The van der Waals surface area contributed by atoms with Crippen molar-refractivity contribution >= 4 is 11.5 Å². The maximum absolute atomic E-state index is 11.7. The first-order valence-corrected chi connectivity index (χ1v) is 6.14. The van der Waals surface area contributed by atoms with E-state index < -0.39 is 0 Å². The van der Waals surface area contributed by atoms with E-state index in [0.29, 0.717) is 6.61 Å². The molecule has 0 unspecified atom stereocenters. The van der Waals surface area contributed by atoms with Crippen LogP contribution in [0.5, 0.6) is 5.75 Å². The first kappa shape index (κ1) is 14.3. The SMILES string of the molecule is CCOc1ccccc1N/C=C/C(=O)C(C)(C)C. The molecule has 0 aromatic heterocycles. The predicted octanol–water partition coefficient (Wildman–Crippen LogP) is 3.63. The number of anilines is 1. The summed E-state index contributed by atoms with van der Waals surface area (Å²) in [6, 6.07) is 7.65. The Morgan fingerprint density at radius 2 is 2.00 bits per heavy atom. The molecule has 3 heteroatoms. The van der Waals surface area contributed by atoms with Crippen LogP contribution in [0.1, 0.15) is 27.7 Å². The van der Waals surface area contributed by atoms with Crippen LogP contribution in [0, 0.1) is 5.41 Å². The lowest BCUT2D eigenvalue weighted by atomic mass is 9.91. The molecule has 0 atom stereocenters. The van der Waals surface area contributed by atoms with Crippen LogP contribution in [-0.4, -0.2) is 12.4 Å². The predicted molar refractivity (Wildman–Crippen MR) is 74.8 cm³/mol. The first-order valence-electron chi connectivity index (χ1n) is 6.14. The van der Waals surface area contributed by atoms with Crippen molar-refractivity contribution < 1.29 is 9.53 Å². The van der Waals surface area contributed by atoms with Crippen molar-refractivity contribution in [1.29, 1.82) is 0 Å². The van der Waals surface area contributed by atoms with E-state index in [-0.39, 0.29) is 11.2 Å². The molecule has 0 heterocycles. The Morgan fingerprint density at radius 3 is 2.61 bits per heavy atom. The van der Waals surface area contributed by atoms with Gasteiger partial charge >= 0.3 is 0 Å². The Bertz CT molecular complexity index is 430. The van der Waals surface area contributed by atoms with Crippen LogP contribution in [0.3, 0.4) is 0 Å². The highest BCUT2D eigenvalue weighted by atomic mass is 16.5. The van der Waals surface area contributed by atoms with Gasteiger partial charge in [-0.2, -0.15) is 0 Å². The fourth-order valence-electron chi connectivity index (χ4n) is 1.32. The summed E-state index contributed by atoms with van der Waals surface area (Å²) >= 11 is 0. The summed E-state index contributed by atoms with van der Waals surface area (Å²) < 4.78 is 5.48. The van der Waals surface area contributed by atoms with Crippen molar-refractivity contribution in [1.82, 2.24) is 0 Å². The third-order valence-corrected chi connectivity index (χ3v) is 2.40. The van der Waals surface area contributed by atoms with E-state index >= 15 is 0 Å². The highest BCUT2D eigenvalue weighted by Crippen LogP contribution is 2.23. The number of benzene rings is 1. The monoisotopic (exact) mass is 247 g/mol. The topological polar surface area (TPSA) is 38.3 Å². The summed E-state index contributed by atoms with van der Waals surface area (Å²) in [5, 5.41) is 3.07. The van der Waals surface area contributed by atoms with Crippen LogP contribution < -0.4 is 10.1 Å². The zero-order valence-corrected chi connectivity index (χ0v) is 11.5. The van der Waals surface area contributed by atoms with Crippen molar-refractivity contribution in [3.8, 4) is 5.75 Å². The third kappa shape index (κ3) is 4.24. The Kier molecular flexibility index (Phi) is 4.95. The third-order valence-electron chi connectivity index (χ3n) is 2.40. The number of allylic oxidation sites excluding steroid dienone is 1. The summed E-state index contributed by atoms with van der Waals surface area (Å²) in [6.45, 7) is 8.24. The van der Waals surface area contributed by atoms with Gasteiger partial charge in [-0.15, -0.1) is 0 Å². The summed E-state index contributed by atoms with van der Waals surface area (Å²) in [7, 11) is 0. The molecule has 0 bridgehead atoms. The van der Waals surface area contributed by atoms with Gasteiger partial charge in [0.1, 0.15) is 5.75 Å². The maximum atomic E-state index is 11.7. The van der Waals surface area contributed by atoms with Gasteiger partial charge in [0.25, 0.3) is 0 Å². The number of ketones is 1. The average Bonchev–Trinajstić information content (AvgIpc) is 2.30. The van der Waals surface area contributed by atoms with Crippen LogP contribution in [0.4, 0.5) is 5.69 Å².